The minimum atomic E-state index is 0.0667. The van der Waals surface area contributed by atoms with Crippen LogP contribution < -0.4 is 4.90 Å². The van der Waals surface area contributed by atoms with E-state index in [4.69, 9.17) is 15.0 Å². The summed E-state index contributed by atoms with van der Waals surface area (Å²) in [6.45, 7) is 0. The van der Waals surface area contributed by atoms with Gasteiger partial charge in [-0.25, -0.2) is 15.0 Å². The number of thiophene rings is 1. The zero-order chi connectivity index (χ0) is 41.9. The molecule has 2 aromatic heterocycles. The van der Waals surface area contributed by atoms with Gasteiger partial charge in [-0.2, -0.15) is 0 Å². The highest BCUT2D eigenvalue weighted by atomic mass is 32.1. The maximum absolute atomic E-state index is 5.69. The molecule has 5 heteroatoms. The molecule has 0 fully saturated rings. The molecule has 64 heavy (non-hydrogen) atoms. The molecule has 1 aliphatic heterocycles. The number of hydrogen-bond acceptors (Lipinski definition) is 5. The van der Waals surface area contributed by atoms with Crippen molar-refractivity contribution in [3.05, 3.63) is 212 Å². The largest absolute Gasteiger partial charge is 0.333 e. The molecular formula is C59H36N4S. The van der Waals surface area contributed by atoms with Gasteiger partial charge in [0, 0.05) is 42.9 Å². The predicted molar refractivity (Wildman–Crippen MR) is 270 cm³/mol. The number of nitrogens with zero attached hydrogens (tertiary/aromatic N) is 4. The molecule has 0 saturated carbocycles. The van der Waals surface area contributed by atoms with E-state index < -0.39 is 0 Å². The maximum Gasteiger partial charge on any atom is 0.167 e. The van der Waals surface area contributed by atoms with Gasteiger partial charge in [-0.05, 0) is 95.8 Å². The Morgan fingerprint density at radius 2 is 0.906 bits per heavy atom. The normalized spacial score (nSPS) is 15.7. The van der Waals surface area contributed by atoms with E-state index in [1.165, 1.54) is 59.0 Å². The van der Waals surface area contributed by atoms with E-state index in [0.29, 0.717) is 17.5 Å². The van der Waals surface area contributed by atoms with Crippen LogP contribution in [0.1, 0.15) is 11.5 Å². The standard InChI is InChI=1S/C59H36N4S/c1-2-16-36-34-53-48(31-35(36)15-1)45-25-11-13-27-51(45)63(53)52-30-29-47-46-26-12-14-28-54(46)64-56(47)55(52)59-61-57(49-32-37-17-3-5-19-39(37)41-21-7-9-23-43(41)49)60-58(62-59)50-33-38-18-4-6-20-40(38)42-22-8-10-24-44(42)50/h1-34,45,51H. The van der Waals surface area contributed by atoms with Crippen molar-refractivity contribution in [1.29, 1.82) is 0 Å². The molecule has 2 unspecified atom stereocenters. The van der Waals surface area contributed by atoms with Gasteiger partial charge in [0.1, 0.15) is 0 Å². The summed E-state index contributed by atoms with van der Waals surface area (Å²) in [7, 11) is 0. The number of hydrogen-bond donors (Lipinski definition) is 0. The van der Waals surface area contributed by atoms with Gasteiger partial charge in [0.2, 0.25) is 0 Å². The summed E-state index contributed by atoms with van der Waals surface area (Å²) in [6, 6.07) is 66.1. The quantitative estimate of drug-likeness (QED) is 0.166. The number of anilines is 2. The average Bonchev–Trinajstić information content (AvgIpc) is 3.90. The molecule has 2 aliphatic rings. The second-order valence-electron chi connectivity index (χ2n) is 17.0. The molecule has 14 rings (SSSR count). The lowest BCUT2D eigenvalue weighted by molar-refractivity contribution is 0.745. The maximum atomic E-state index is 5.69. The zero-order valence-electron chi connectivity index (χ0n) is 34.5. The predicted octanol–water partition coefficient (Wildman–Crippen LogP) is 15.7. The molecule has 0 saturated heterocycles. The third kappa shape index (κ3) is 5.25. The molecule has 0 amide bonds. The minimum Gasteiger partial charge on any atom is -0.333 e. The van der Waals surface area contributed by atoms with Crippen molar-refractivity contribution >= 4 is 96.7 Å². The fourth-order valence-electron chi connectivity index (χ4n) is 10.7. The Balaban J connectivity index is 1.12. The lowest BCUT2D eigenvalue weighted by Crippen LogP contribution is -2.29. The third-order valence-electron chi connectivity index (χ3n) is 13.6. The van der Waals surface area contributed by atoms with E-state index in [0.717, 1.165) is 48.6 Å². The lowest BCUT2D eigenvalue weighted by Gasteiger charge is -2.30. The number of allylic oxidation sites excluding steroid dienone is 2. The smallest absolute Gasteiger partial charge is 0.167 e. The SMILES string of the molecule is C1=CC2c3cc4ccccc4cc3N(c3ccc4c(sc5ccccc54)c3-c3nc(-c4cc5ccccc5c5ccccc45)nc(-c4cc5ccccc5c5ccccc45)n3)C2C=C1. The van der Waals surface area contributed by atoms with Crippen LogP contribution in [0.25, 0.3) is 108 Å². The van der Waals surface area contributed by atoms with Crippen LogP contribution in [0.2, 0.25) is 0 Å². The summed E-state index contributed by atoms with van der Waals surface area (Å²) in [6.07, 6.45) is 9.13. The molecule has 10 aromatic carbocycles. The molecule has 1 aliphatic carbocycles. The summed E-state index contributed by atoms with van der Waals surface area (Å²) in [5.74, 6) is 2.14. The Labute approximate surface area is 372 Å². The first-order valence-electron chi connectivity index (χ1n) is 21.9. The highest BCUT2D eigenvalue weighted by Crippen LogP contribution is 2.54. The molecule has 12 aromatic rings. The summed E-state index contributed by atoms with van der Waals surface area (Å²) in [5.41, 5.74) is 6.59. The number of rotatable bonds is 4. The van der Waals surface area contributed by atoms with E-state index in [9.17, 15) is 0 Å². The third-order valence-corrected chi connectivity index (χ3v) is 14.8. The highest BCUT2D eigenvalue weighted by molar-refractivity contribution is 7.26. The second kappa shape index (κ2) is 13.8. The van der Waals surface area contributed by atoms with Crippen LogP contribution in [0.4, 0.5) is 11.4 Å². The highest BCUT2D eigenvalue weighted by Gasteiger charge is 2.39. The first kappa shape index (κ1) is 35.6. The van der Waals surface area contributed by atoms with Gasteiger partial charge in [0.05, 0.1) is 17.3 Å². The topological polar surface area (TPSA) is 41.9 Å². The van der Waals surface area contributed by atoms with Crippen LogP contribution >= 0.6 is 11.3 Å². The summed E-state index contributed by atoms with van der Waals surface area (Å²) in [4.78, 5) is 19.5. The monoisotopic (exact) mass is 832 g/mol. The van der Waals surface area contributed by atoms with E-state index in [-0.39, 0.29) is 12.0 Å². The number of fused-ring (bicyclic) bond motifs is 13. The molecule has 3 heterocycles. The van der Waals surface area contributed by atoms with Crippen LogP contribution in [0.3, 0.4) is 0 Å². The van der Waals surface area contributed by atoms with E-state index in [2.05, 4.69) is 211 Å². The van der Waals surface area contributed by atoms with Crippen molar-refractivity contribution in [1.82, 2.24) is 15.0 Å². The Morgan fingerprint density at radius 1 is 0.391 bits per heavy atom. The molecule has 4 nitrogen and oxygen atoms in total. The molecule has 2 atom stereocenters. The van der Waals surface area contributed by atoms with Gasteiger partial charge in [-0.15, -0.1) is 11.3 Å². The van der Waals surface area contributed by atoms with Gasteiger partial charge in [-0.1, -0.05) is 170 Å². The van der Waals surface area contributed by atoms with E-state index in [1.54, 1.807) is 0 Å². The molecule has 0 bridgehead atoms. The van der Waals surface area contributed by atoms with Gasteiger partial charge in [0.25, 0.3) is 0 Å². The van der Waals surface area contributed by atoms with Crippen molar-refractivity contribution < 1.29 is 0 Å². The minimum absolute atomic E-state index is 0.0667. The zero-order valence-corrected chi connectivity index (χ0v) is 35.3. The number of aromatic nitrogens is 3. The second-order valence-corrected chi connectivity index (χ2v) is 18.1. The van der Waals surface area contributed by atoms with Crippen LogP contribution in [0.5, 0.6) is 0 Å². The van der Waals surface area contributed by atoms with Crippen molar-refractivity contribution in [2.24, 2.45) is 0 Å². The number of benzene rings is 10. The van der Waals surface area contributed by atoms with Crippen LogP contribution in [-0.2, 0) is 0 Å². The summed E-state index contributed by atoms with van der Waals surface area (Å²) >= 11 is 1.82. The van der Waals surface area contributed by atoms with Crippen LogP contribution in [0, 0.1) is 0 Å². The van der Waals surface area contributed by atoms with Crippen molar-refractivity contribution in [2.45, 2.75) is 12.0 Å². The molecule has 298 valence electrons. The lowest BCUT2D eigenvalue weighted by atomic mass is 9.90. The van der Waals surface area contributed by atoms with Gasteiger partial charge < -0.3 is 4.90 Å². The van der Waals surface area contributed by atoms with Crippen LogP contribution in [-0.4, -0.2) is 21.0 Å². The fraction of sp³-hybridized carbons (Fsp3) is 0.0339. The Morgan fingerprint density at radius 3 is 1.56 bits per heavy atom. The fourth-order valence-corrected chi connectivity index (χ4v) is 11.9. The van der Waals surface area contributed by atoms with E-state index >= 15 is 0 Å². The Bertz CT molecular complexity index is 3870. The molecular weight excluding hydrogens is 797 g/mol. The first-order chi connectivity index (χ1) is 31.7. The average molecular weight is 833 g/mol. The van der Waals surface area contributed by atoms with Crippen molar-refractivity contribution in [2.75, 3.05) is 4.90 Å². The molecule has 0 N–H and O–H groups in total. The summed E-state index contributed by atoms with van der Waals surface area (Å²) < 4.78 is 2.40. The van der Waals surface area contributed by atoms with Gasteiger partial charge in [0.15, 0.2) is 17.5 Å². The Kier molecular flexibility index (Phi) is 7.65. The van der Waals surface area contributed by atoms with Gasteiger partial charge >= 0.3 is 0 Å². The van der Waals surface area contributed by atoms with Crippen molar-refractivity contribution in [3.8, 4) is 34.2 Å². The molecule has 0 radical (unpaired) electrons. The van der Waals surface area contributed by atoms with Crippen LogP contribution in [0.15, 0.2) is 206 Å². The van der Waals surface area contributed by atoms with E-state index in [1.807, 2.05) is 11.3 Å². The van der Waals surface area contributed by atoms with Gasteiger partial charge in [-0.3, -0.25) is 0 Å². The first-order valence-corrected chi connectivity index (χ1v) is 22.7. The Hall–Kier alpha value is -7.99. The summed E-state index contributed by atoms with van der Waals surface area (Å²) in [5, 5.41) is 14.2. The van der Waals surface area contributed by atoms with Crippen molar-refractivity contribution in [3.63, 3.8) is 0 Å². The molecule has 0 spiro atoms.